The zero-order valence-corrected chi connectivity index (χ0v) is 26.4. The van der Waals surface area contributed by atoms with Crippen molar-refractivity contribution in [3.05, 3.63) is 12.2 Å². The van der Waals surface area contributed by atoms with Gasteiger partial charge in [-0.15, -0.1) is 0 Å². The molecule has 1 aliphatic rings. The van der Waals surface area contributed by atoms with Crippen LogP contribution in [0.15, 0.2) is 12.2 Å². The number of carbonyl (C=O) groups is 1. The molecule has 0 aromatic rings. The van der Waals surface area contributed by atoms with Crippen molar-refractivity contribution in [1.29, 1.82) is 0 Å². The number of hydrogen-bond acceptors (Lipinski definition) is 3. The minimum atomic E-state index is -0.0615. The molecule has 0 spiro atoms. The average Bonchev–Trinajstić information content (AvgIpc) is 2.95. The molecule has 1 fully saturated rings. The van der Waals surface area contributed by atoms with E-state index in [2.05, 4.69) is 31.3 Å². The Labute approximate surface area is 239 Å². The lowest BCUT2D eigenvalue weighted by atomic mass is 10.1. The summed E-state index contributed by atoms with van der Waals surface area (Å²) in [5.41, 5.74) is 0. The summed E-state index contributed by atoms with van der Waals surface area (Å²) < 4.78 is 5.89. The predicted octanol–water partition coefficient (Wildman–Crippen LogP) is 10.6. The molecule has 0 unspecified atom stereocenters. The first kappa shape index (κ1) is 37.0. The molecule has 1 heterocycles. The highest BCUT2D eigenvalue weighted by Crippen LogP contribution is 2.15. The van der Waals surface area contributed by atoms with E-state index in [4.69, 9.17) is 4.74 Å². The molecule has 4 nitrogen and oxygen atoms in total. The van der Waals surface area contributed by atoms with Crippen molar-refractivity contribution >= 4 is 6.09 Å². The van der Waals surface area contributed by atoms with Crippen LogP contribution in [0, 0.1) is 0 Å². The van der Waals surface area contributed by atoms with E-state index < -0.39 is 0 Å². The first-order chi connectivity index (χ1) is 18.8. The molecule has 1 saturated heterocycles. The van der Waals surface area contributed by atoms with Gasteiger partial charge in [0.15, 0.2) is 0 Å². The van der Waals surface area contributed by atoms with Gasteiger partial charge in [0.05, 0.1) is 0 Å². The lowest BCUT2D eigenvalue weighted by Crippen LogP contribution is -2.39. The number of piperidine rings is 1. The maximum absolute atomic E-state index is 12.9. The molecule has 0 atom stereocenters. The Hall–Kier alpha value is -1.03. The summed E-state index contributed by atoms with van der Waals surface area (Å²) in [7, 11) is 0. The van der Waals surface area contributed by atoms with Crippen molar-refractivity contribution in [2.45, 2.75) is 175 Å². The molecular weight excluding hydrogens is 468 g/mol. The van der Waals surface area contributed by atoms with Crippen LogP contribution in [0.2, 0.25) is 0 Å². The molecule has 0 radical (unpaired) electrons. The van der Waals surface area contributed by atoms with Gasteiger partial charge in [0.25, 0.3) is 0 Å². The van der Waals surface area contributed by atoms with E-state index in [1.807, 2.05) is 18.7 Å². The molecule has 4 heteroatoms. The van der Waals surface area contributed by atoms with Gasteiger partial charge < -0.3 is 15.0 Å². The molecule has 1 aliphatic heterocycles. The molecule has 226 valence electrons. The van der Waals surface area contributed by atoms with E-state index in [0.717, 1.165) is 51.9 Å². The molecule has 0 bridgehead atoms. The molecule has 1 N–H and O–H groups in total. The Morgan fingerprint density at radius 3 is 1.58 bits per heavy atom. The number of allylic oxidation sites excluding steroid dienone is 2. The van der Waals surface area contributed by atoms with Crippen LogP contribution in [0.1, 0.15) is 169 Å². The summed E-state index contributed by atoms with van der Waals surface area (Å²) in [6, 6.07) is 0. The number of nitrogens with one attached hydrogen (secondary N) is 1. The van der Waals surface area contributed by atoms with Gasteiger partial charge >= 0.3 is 6.09 Å². The van der Waals surface area contributed by atoms with Crippen LogP contribution in [-0.2, 0) is 4.74 Å². The Bertz CT molecular complexity index is 503. The van der Waals surface area contributed by atoms with E-state index in [-0.39, 0.29) is 12.2 Å². The fourth-order valence-electron chi connectivity index (χ4n) is 5.04. The number of rotatable bonds is 24. The topological polar surface area (TPSA) is 41.6 Å². The second-order valence-corrected chi connectivity index (χ2v) is 11.0. The maximum atomic E-state index is 12.9. The fourth-order valence-corrected chi connectivity index (χ4v) is 5.04. The Morgan fingerprint density at radius 1 is 0.658 bits per heavy atom. The van der Waals surface area contributed by atoms with E-state index in [1.54, 1.807) is 0 Å². The van der Waals surface area contributed by atoms with Gasteiger partial charge in [0.1, 0.15) is 6.10 Å². The maximum Gasteiger partial charge on any atom is 0.410 e. The van der Waals surface area contributed by atoms with Crippen LogP contribution in [0.25, 0.3) is 0 Å². The van der Waals surface area contributed by atoms with E-state index in [1.165, 1.54) is 116 Å². The highest BCUT2D eigenvalue weighted by Gasteiger charge is 2.21. The third-order valence-corrected chi connectivity index (χ3v) is 7.53. The van der Waals surface area contributed by atoms with Crippen LogP contribution < -0.4 is 5.32 Å². The number of unbranched alkanes of at least 4 members (excludes halogenated alkanes) is 17. The normalized spacial score (nSPS) is 13.9. The third kappa shape index (κ3) is 24.0. The number of hydrogen-bond donors (Lipinski definition) is 1. The van der Waals surface area contributed by atoms with Gasteiger partial charge in [0.2, 0.25) is 0 Å². The van der Waals surface area contributed by atoms with Crippen LogP contribution >= 0.6 is 0 Å². The zero-order chi connectivity index (χ0) is 27.9. The second-order valence-electron chi connectivity index (χ2n) is 11.0. The summed E-state index contributed by atoms with van der Waals surface area (Å²) in [5.74, 6) is 0. The van der Waals surface area contributed by atoms with E-state index in [9.17, 15) is 4.79 Å². The van der Waals surface area contributed by atoms with Gasteiger partial charge in [-0.2, -0.15) is 0 Å². The molecule has 0 aromatic heterocycles. The zero-order valence-electron chi connectivity index (χ0n) is 26.4. The second kappa shape index (κ2) is 30.5. The molecule has 0 aliphatic carbocycles. The monoisotopic (exact) mass is 537 g/mol. The van der Waals surface area contributed by atoms with E-state index in [0.29, 0.717) is 0 Å². The molecular formula is C34H68N2O2. The highest BCUT2D eigenvalue weighted by molar-refractivity contribution is 5.67. The van der Waals surface area contributed by atoms with Crippen molar-refractivity contribution in [3.63, 3.8) is 0 Å². The Morgan fingerprint density at radius 2 is 1.08 bits per heavy atom. The average molecular weight is 537 g/mol. The standard InChI is InChI=1S/C32H62N2O2.C2H6/c1-3-5-7-9-11-13-14-15-16-17-18-20-22-24-30-34(29-23-21-19-12-10-8-6-4-2)32(35)36-31-25-27-33-28-26-31;1-2/h9,11,31,33H,3-8,10,12-30H2,1-2H3;1-2H3/b11-9-;. The van der Waals surface area contributed by atoms with Gasteiger partial charge in [-0.05, 0) is 58.0 Å². The summed E-state index contributed by atoms with van der Waals surface area (Å²) in [4.78, 5) is 14.9. The van der Waals surface area contributed by atoms with Crippen molar-refractivity contribution in [1.82, 2.24) is 10.2 Å². The fraction of sp³-hybridized carbons (Fsp3) is 0.912. The summed E-state index contributed by atoms with van der Waals surface area (Å²) in [6.45, 7) is 12.2. The van der Waals surface area contributed by atoms with Crippen LogP contribution in [-0.4, -0.2) is 43.3 Å². The summed E-state index contributed by atoms with van der Waals surface area (Å²) in [6.07, 6.45) is 32.7. The molecule has 38 heavy (non-hydrogen) atoms. The minimum absolute atomic E-state index is 0.0615. The first-order valence-electron chi connectivity index (χ1n) is 17.1. The van der Waals surface area contributed by atoms with Crippen LogP contribution in [0.3, 0.4) is 0 Å². The van der Waals surface area contributed by atoms with Crippen molar-refractivity contribution < 1.29 is 9.53 Å². The summed E-state index contributed by atoms with van der Waals surface area (Å²) in [5, 5.41) is 3.36. The molecule has 1 rings (SSSR count). The predicted molar refractivity (Wildman–Crippen MR) is 168 cm³/mol. The van der Waals surface area contributed by atoms with Gasteiger partial charge in [-0.25, -0.2) is 4.79 Å². The lowest BCUT2D eigenvalue weighted by Gasteiger charge is -2.28. The van der Waals surface area contributed by atoms with Crippen molar-refractivity contribution in [3.8, 4) is 0 Å². The highest BCUT2D eigenvalue weighted by atomic mass is 16.6. The van der Waals surface area contributed by atoms with Crippen molar-refractivity contribution in [2.24, 2.45) is 0 Å². The first-order valence-corrected chi connectivity index (χ1v) is 17.1. The van der Waals surface area contributed by atoms with Gasteiger partial charge in [-0.3, -0.25) is 0 Å². The molecule has 0 saturated carbocycles. The van der Waals surface area contributed by atoms with Crippen LogP contribution in [0.4, 0.5) is 4.79 Å². The van der Waals surface area contributed by atoms with Gasteiger partial charge in [0, 0.05) is 13.1 Å². The van der Waals surface area contributed by atoms with Crippen LogP contribution in [0.5, 0.6) is 0 Å². The minimum Gasteiger partial charge on any atom is -0.446 e. The lowest BCUT2D eigenvalue weighted by molar-refractivity contribution is 0.0481. The quantitative estimate of drug-likeness (QED) is 0.0985. The van der Waals surface area contributed by atoms with Gasteiger partial charge in [-0.1, -0.05) is 136 Å². The third-order valence-electron chi connectivity index (χ3n) is 7.53. The Balaban J connectivity index is 0.00000667. The number of ether oxygens (including phenoxy) is 1. The number of amides is 1. The van der Waals surface area contributed by atoms with Crippen molar-refractivity contribution in [2.75, 3.05) is 26.2 Å². The largest absolute Gasteiger partial charge is 0.446 e. The smallest absolute Gasteiger partial charge is 0.410 e. The Kier molecular flexibility index (Phi) is 29.7. The van der Waals surface area contributed by atoms with E-state index >= 15 is 0 Å². The summed E-state index contributed by atoms with van der Waals surface area (Å²) >= 11 is 0. The molecule has 1 amide bonds. The SMILES string of the molecule is CC.CCCC/C=C\CCCCCCCCCCN(CCCCCCCCCC)C(=O)OC1CCNCC1. The number of nitrogens with zero attached hydrogens (tertiary/aromatic N) is 1. The molecule has 0 aromatic carbocycles. The number of carbonyl (C=O) groups excluding carboxylic acids is 1.